The minimum atomic E-state index is -0.398. The van der Waals surface area contributed by atoms with E-state index in [9.17, 15) is 9.18 Å². The van der Waals surface area contributed by atoms with E-state index in [0.29, 0.717) is 5.56 Å². The smallest absolute Gasteiger partial charge is 0.309 e. The van der Waals surface area contributed by atoms with Crippen molar-refractivity contribution in [3.63, 3.8) is 0 Å². The Morgan fingerprint density at radius 1 is 1.38 bits per heavy atom. The molecule has 0 saturated carbocycles. The van der Waals surface area contributed by atoms with E-state index in [1.165, 1.54) is 19.2 Å². The zero-order valence-corrected chi connectivity index (χ0v) is 10.4. The number of hydrogen-bond acceptors (Lipinski definition) is 3. The molecule has 0 fully saturated rings. The lowest BCUT2D eigenvalue weighted by Crippen LogP contribution is -2.09. The van der Waals surface area contributed by atoms with Crippen LogP contribution in [0.3, 0.4) is 0 Å². The summed E-state index contributed by atoms with van der Waals surface area (Å²) in [7, 11) is 1.30. The van der Waals surface area contributed by atoms with Gasteiger partial charge in [0.2, 0.25) is 0 Å². The van der Waals surface area contributed by atoms with Gasteiger partial charge in [0.05, 0.1) is 13.5 Å². The molecule has 0 heterocycles. The summed E-state index contributed by atoms with van der Waals surface area (Å²) in [6.07, 6.45) is 0.0563. The van der Waals surface area contributed by atoms with E-state index in [1.807, 2.05) is 0 Å². The molecule has 0 spiro atoms. The molecule has 1 aromatic rings. The highest BCUT2D eigenvalue weighted by Gasteiger charge is 2.08. The van der Waals surface area contributed by atoms with Crippen LogP contribution in [0.15, 0.2) is 18.2 Å². The molecule has 3 nitrogen and oxygen atoms in total. The highest BCUT2D eigenvalue weighted by Crippen LogP contribution is 2.12. The van der Waals surface area contributed by atoms with Crippen molar-refractivity contribution in [3.05, 3.63) is 35.1 Å². The van der Waals surface area contributed by atoms with Crippen LogP contribution in [0.5, 0.6) is 0 Å². The van der Waals surface area contributed by atoms with Gasteiger partial charge in [0, 0.05) is 6.54 Å². The van der Waals surface area contributed by atoms with Crippen molar-refractivity contribution in [2.75, 3.05) is 7.11 Å². The van der Waals surface area contributed by atoms with Gasteiger partial charge in [-0.1, -0.05) is 6.07 Å². The van der Waals surface area contributed by atoms with E-state index in [2.05, 4.69) is 4.74 Å². The third-order valence-corrected chi connectivity index (χ3v) is 1.95. The highest BCUT2D eigenvalue weighted by atomic mass is 35.5. The monoisotopic (exact) mass is 269 g/mol. The number of ether oxygens (including phenoxy) is 1. The van der Waals surface area contributed by atoms with Crippen molar-refractivity contribution in [1.82, 2.24) is 0 Å². The summed E-state index contributed by atoms with van der Waals surface area (Å²) in [5.41, 5.74) is 6.79. The molecule has 0 unspecified atom stereocenters. The average Bonchev–Trinajstić information content (AvgIpc) is 2.18. The summed E-state index contributed by atoms with van der Waals surface area (Å²) >= 11 is 0. The molecule has 0 aromatic heterocycles. The summed E-state index contributed by atoms with van der Waals surface area (Å²) < 4.78 is 17.3. The molecule has 0 aliphatic carbocycles. The van der Waals surface area contributed by atoms with E-state index in [-0.39, 0.29) is 43.6 Å². The van der Waals surface area contributed by atoms with E-state index >= 15 is 0 Å². The molecule has 6 heteroatoms. The number of rotatable bonds is 3. The molecule has 1 aromatic carbocycles. The number of methoxy groups -OCH3 is 1. The van der Waals surface area contributed by atoms with Gasteiger partial charge < -0.3 is 10.5 Å². The third kappa shape index (κ3) is 4.79. The topological polar surface area (TPSA) is 52.3 Å². The Morgan fingerprint density at radius 2 is 2.00 bits per heavy atom. The maximum absolute atomic E-state index is 12.8. The lowest BCUT2D eigenvalue weighted by molar-refractivity contribution is -0.139. The SMILES string of the molecule is COC(=O)Cc1cc(F)ccc1CN.Cl.Cl. The second-order valence-electron chi connectivity index (χ2n) is 2.87. The molecule has 0 amide bonds. The van der Waals surface area contributed by atoms with Crippen LogP contribution in [0.4, 0.5) is 4.39 Å². The Labute approximate surface area is 106 Å². The van der Waals surface area contributed by atoms with Crippen molar-refractivity contribution in [2.45, 2.75) is 13.0 Å². The normalized spacial score (nSPS) is 8.69. The number of carbonyl (C=O) groups is 1. The van der Waals surface area contributed by atoms with Crippen molar-refractivity contribution >= 4 is 30.8 Å². The Morgan fingerprint density at radius 3 is 2.50 bits per heavy atom. The lowest BCUT2D eigenvalue weighted by atomic mass is 10.0. The van der Waals surface area contributed by atoms with E-state index < -0.39 is 5.97 Å². The molecule has 92 valence electrons. The molecule has 0 aliphatic rings. The number of esters is 1. The van der Waals surface area contributed by atoms with Crippen molar-refractivity contribution in [1.29, 1.82) is 0 Å². The maximum atomic E-state index is 12.8. The zero-order valence-electron chi connectivity index (χ0n) is 8.73. The van der Waals surface area contributed by atoms with Crippen LogP contribution in [0.25, 0.3) is 0 Å². The van der Waals surface area contributed by atoms with Crippen LogP contribution in [0, 0.1) is 5.82 Å². The van der Waals surface area contributed by atoms with Gasteiger partial charge in [-0.25, -0.2) is 4.39 Å². The first-order chi connectivity index (χ1) is 6.67. The van der Waals surface area contributed by atoms with Gasteiger partial charge in [-0.05, 0) is 23.3 Å². The minimum Gasteiger partial charge on any atom is -0.469 e. The van der Waals surface area contributed by atoms with Crippen molar-refractivity contribution in [2.24, 2.45) is 5.73 Å². The van der Waals surface area contributed by atoms with Crippen molar-refractivity contribution in [3.8, 4) is 0 Å². The van der Waals surface area contributed by atoms with E-state index in [4.69, 9.17) is 5.73 Å². The summed E-state index contributed by atoms with van der Waals surface area (Å²) in [5, 5.41) is 0. The van der Waals surface area contributed by atoms with Gasteiger partial charge in [0.1, 0.15) is 5.82 Å². The minimum absolute atomic E-state index is 0. The number of halogens is 3. The molecule has 0 atom stereocenters. The third-order valence-electron chi connectivity index (χ3n) is 1.95. The Hall–Kier alpha value is -0.840. The van der Waals surface area contributed by atoms with Crippen LogP contribution in [-0.4, -0.2) is 13.1 Å². The fourth-order valence-corrected chi connectivity index (χ4v) is 1.19. The Balaban J connectivity index is 0. The standard InChI is InChI=1S/C10H12FNO2.2ClH/c1-14-10(13)5-8-4-9(11)3-2-7(8)6-12;;/h2-4H,5-6,12H2,1H3;2*1H. The van der Waals surface area contributed by atoms with Crippen LogP contribution in [0.1, 0.15) is 11.1 Å². The fraction of sp³-hybridized carbons (Fsp3) is 0.300. The summed E-state index contributed by atoms with van der Waals surface area (Å²) in [6, 6.07) is 4.20. The molecule has 0 aliphatic heterocycles. The van der Waals surface area contributed by atoms with E-state index in [1.54, 1.807) is 6.07 Å². The molecule has 2 N–H and O–H groups in total. The van der Waals surface area contributed by atoms with Gasteiger partial charge in [-0.2, -0.15) is 0 Å². The highest BCUT2D eigenvalue weighted by molar-refractivity contribution is 5.85. The predicted octanol–water partition coefficient (Wildman–Crippen LogP) is 1.84. The molecule has 0 saturated heterocycles. The largest absolute Gasteiger partial charge is 0.469 e. The Kier molecular flexibility index (Phi) is 9.14. The number of hydrogen-bond donors (Lipinski definition) is 1. The van der Waals surface area contributed by atoms with Crippen LogP contribution < -0.4 is 5.73 Å². The first-order valence-corrected chi connectivity index (χ1v) is 4.21. The fourth-order valence-electron chi connectivity index (χ4n) is 1.19. The second-order valence-corrected chi connectivity index (χ2v) is 2.87. The summed E-state index contributed by atoms with van der Waals surface area (Å²) in [6.45, 7) is 0.284. The predicted molar refractivity (Wildman–Crippen MR) is 64.5 cm³/mol. The summed E-state index contributed by atoms with van der Waals surface area (Å²) in [5.74, 6) is -0.772. The molecular formula is C10H14Cl2FNO2. The molecule has 0 radical (unpaired) electrons. The van der Waals surface area contributed by atoms with Gasteiger partial charge in [-0.3, -0.25) is 4.79 Å². The van der Waals surface area contributed by atoms with Gasteiger partial charge in [0.25, 0.3) is 0 Å². The molecular weight excluding hydrogens is 256 g/mol. The van der Waals surface area contributed by atoms with Crippen LogP contribution in [0.2, 0.25) is 0 Å². The van der Waals surface area contributed by atoms with Gasteiger partial charge in [-0.15, -0.1) is 24.8 Å². The van der Waals surface area contributed by atoms with Crippen LogP contribution >= 0.6 is 24.8 Å². The maximum Gasteiger partial charge on any atom is 0.309 e. The average molecular weight is 270 g/mol. The van der Waals surface area contributed by atoms with E-state index in [0.717, 1.165) is 5.56 Å². The molecule has 16 heavy (non-hydrogen) atoms. The number of benzene rings is 1. The number of carbonyl (C=O) groups excluding carboxylic acids is 1. The Bertz CT molecular complexity index is 348. The van der Waals surface area contributed by atoms with Gasteiger partial charge in [0.15, 0.2) is 0 Å². The quantitative estimate of drug-likeness (QED) is 0.853. The lowest BCUT2D eigenvalue weighted by Gasteiger charge is -2.06. The first-order valence-electron chi connectivity index (χ1n) is 4.21. The van der Waals surface area contributed by atoms with Gasteiger partial charge >= 0.3 is 5.97 Å². The first kappa shape index (κ1) is 17.6. The molecule has 0 bridgehead atoms. The zero-order chi connectivity index (χ0) is 10.6. The number of nitrogens with two attached hydrogens (primary N) is 1. The van der Waals surface area contributed by atoms with Crippen LogP contribution in [-0.2, 0) is 22.5 Å². The molecule has 1 rings (SSSR count). The second kappa shape index (κ2) is 8.33. The summed E-state index contributed by atoms with van der Waals surface area (Å²) in [4.78, 5) is 11.0. The van der Waals surface area contributed by atoms with Crippen molar-refractivity contribution < 1.29 is 13.9 Å².